The number of hydrogen-bond donors (Lipinski definition) is 2. The van der Waals surface area contributed by atoms with E-state index < -0.39 is 0 Å². The van der Waals surface area contributed by atoms with E-state index in [0.717, 1.165) is 5.75 Å². The molecule has 3 heteroatoms. The summed E-state index contributed by atoms with van der Waals surface area (Å²) in [6.07, 6.45) is 2.48. The first-order valence-electron chi connectivity index (χ1n) is 6.24. The van der Waals surface area contributed by atoms with Gasteiger partial charge in [0, 0.05) is 17.0 Å². The normalized spacial score (nSPS) is 19.0. The Morgan fingerprint density at radius 3 is 2.82 bits per heavy atom. The third kappa shape index (κ3) is 3.73. The van der Waals surface area contributed by atoms with Crippen molar-refractivity contribution < 1.29 is 5.11 Å². The van der Waals surface area contributed by atoms with E-state index in [0.29, 0.717) is 5.92 Å². The summed E-state index contributed by atoms with van der Waals surface area (Å²) >= 11 is 1.78. The van der Waals surface area contributed by atoms with Crippen LogP contribution in [0.2, 0.25) is 0 Å². The maximum atomic E-state index is 9.40. The van der Waals surface area contributed by atoms with Gasteiger partial charge in [0.25, 0.3) is 0 Å². The van der Waals surface area contributed by atoms with Crippen LogP contribution in [0.4, 0.5) is 0 Å². The zero-order valence-corrected chi connectivity index (χ0v) is 11.1. The van der Waals surface area contributed by atoms with Gasteiger partial charge in [0.15, 0.2) is 0 Å². The molecule has 0 spiro atoms. The molecule has 1 aromatic carbocycles. The molecule has 1 aliphatic carbocycles. The van der Waals surface area contributed by atoms with E-state index in [1.807, 2.05) is 0 Å². The van der Waals surface area contributed by atoms with E-state index >= 15 is 0 Å². The molecule has 2 rings (SSSR count). The summed E-state index contributed by atoms with van der Waals surface area (Å²) in [7, 11) is 0. The lowest BCUT2D eigenvalue weighted by Crippen LogP contribution is -2.37. The summed E-state index contributed by atoms with van der Waals surface area (Å²) in [6, 6.07) is 8.68. The first kappa shape index (κ1) is 12.9. The molecule has 17 heavy (non-hydrogen) atoms. The Hall–Kier alpha value is -0.510. The Kier molecular flexibility index (Phi) is 4.48. The summed E-state index contributed by atoms with van der Waals surface area (Å²) in [5.41, 5.74) is 8.75. The van der Waals surface area contributed by atoms with Gasteiger partial charge in [0.1, 0.15) is 0 Å². The number of hydrogen-bond acceptors (Lipinski definition) is 3. The molecule has 0 amide bonds. The highest BCUT2D eigenvalue weighted by atomic mass is 32.2. The molecule has 1 fully saturated rings. The summed E-state index contributed by atoms with van der Waals surface area (Å²) < 4.78 is 0. The third-order valence-electron chi connectivity index (χ3n) is 3.32. The lowest BCUT2D eigenvalue weighted by Gasteiger charge is -2.21. The van der Waals surface area contributed by atoms with Crippen molar-refractivity contribution in [3.05, 3.63) is 35.4 Å². The molecule has 0 heterocycles. The molecule has 0 saturated heterocycles. The molecule has 0 bridgehead atoms. The van der Waals surface area contributed by atoms with E-state index in [-0.39, 0.29) is 17.9 Å². The van der Waals surface area contributed by atoms with Crippen LogP contribution in [0.5, 0.6) is 0 Å². The van der Waals surface area contributed by atoms with Crippen molar-refractivity contribution in [3.63, 3.8) is 0 Å². The lowest BCUT2D eigenvalue weighted by molar-refractivity contribution is 0.277. The van der Waals surface area contributed by atoms with Gasteiger partial charge in [-0.25, -0.2) is 0 Å². The summed E-state index contributed by atoms with van der Waals surface area (Å²) in [6.45, 7) is 2.29. The molecular formula is C14H21NOS. The van der Waals surface area contributed by atoms with Crippen molar-refractivity contribution in [2.75, 3.05) is 6.61 Å². The quantitative estimate of drug-likeness (QED) is 0.815. The fourth-order valence-corrected chi connectivity index (χ4v) is 3.21. The average Bonchev–Trinajstić information content (AvgIpc) is 3.13. The summed E-state index contributed by atoms with van der Waals surface area (Å²) in [5.74, 6) is 1.59. The first-order valence-corrected chi connectivity index (χ1v) is 7.29. The van der Waals surface area contributed by atoms with Crippen molar-refractivity contribution in [2.45, 2.75) is 36.8 Å². The highest BCUT2D eigenvalue weighted by Crippen LogP contribution is 2.36. The van der Waals surface area contributed by atoms with Crippen LogP contribution < -0.4 is 5.73 Å². The fourth-order valence-electron chi connectivity index (χ4n) is 2.08. The van der Waals surface area contributed by atoms with Crippen LogP contribution in [0.1, 0.15) is 24.0 Å². The van der Waals surface area contributed by atoms with Gasteiger partial charge in [-0.3, -0.25) is 0 Å². The van der Waals surface area contributed by atoms with Gasteiger partial charge < -0.3 is 10.8 Å². The van der Waals surface area contributed by atoms with Crippen molar-refractivity contribution in [1.29, 1.82) is 0 Å². The predicted molar refractivity (Wildman–Crippen MR) is 74.0 cm³/mol. The number of thioether (sulfide) groups is 1. The molecule has 0 aromatic heterocycles. The summed E-state index contributed by atoms with van der Waals surface area (Å²) in [4.78, 5) is 0. The van der Waals surface area contributed by atoms with E-state index in [9.17, 15) is 5.11 Å². The minimum atomic E-state index is 0.162. The maximum absolute atomic E-state index is 9.40. The standard InChI is InChI=1S/C14H21NOS/c1-10-3-2-4-11(7-10)9-17-13(8-16)14(15)12-5-6-12/h2-4,7,12-14,16H,5-6,8-9,15H2,1H3. The molecular weight excluding hydrogens is 230 g/mol. The van der Waals surface area contributed by atoms with Crippen molar-refractivity contribution in [3.8, 4) is 0 Å². The maximum Gasteiger partial charge on any atom is 0.0565 e. The molecule has 3 N–H and O–H groups in total. The largest absolute Gasteiger partial charge is 0.395 e. The molecule has 0 aliphatic heterocycles. The highest BCUT2D eigenvalue weighted by molar-refractivity contribution is 7.99. The predicted octanol–water partition coefficient (Wildman–Crippen LogP) is 2.33. The van der Waals surface area contributed by atoms with Gasteiger partial charge in [-0.1, -0.05) is 29.8 Å². The molecule has 2 nitrogen and oxygen atoms in total. The van der Waals surface area contributed by atoms with Gasteiger partial charge in [-0.15, -0.1) is 11.8 Å². The molecule has 1 aromatic rings. The fraction of sp³-hybridized carbons (Fsp3) is 0.571. The molecule has 0 radical (unpaired) electrons. The van der Waals surface area contributed by atoms with Crippen LogP contribution in [0, 0.1) is 12.8 Å². The number of benzene rings is 1. The third-order valence-corrected chi connectivity index (χ3v) is 4.71. The van der Waals surface area contributed by atoms with Gasteiger partial charge in [-0.05, 0) is 31.2 Å². The average molecular weight is 251 g/mol. The van der Waals surface area contributed by atoms with E-state index in [1.165, 1.54) is 24.0 Å². The van der Waals surface area contributed by atoms with Gasteiger partial charge in [0.2, 0.25) is 0 Å². The van der Waals surface area contributed by atoms with Crippen molar-refractivity contribution >= 4 is 11.8 Å². The number of aliphatic hydroxyl groups excluding tert-OH is 1. The second-order valence-electron chi connectivity index (χ2n) is 4.94. The van der Waals surface area contributed by atoms with Crippen molar-refractivity contribution in [1.82, 2.24) is 0 Å². The van der Waals surface area contributed by atoms with Crippen LogP contribution in [-0.2, 0) is 5.75 Å². The van der Waals surface area contributed by atoms with Crippen molar-refractivity contribution in [2.24, 2.45) is 11.7 Å². The van der Waals surface area contributed by atoms with E-state index in [2.05, 4.69) is 31.2 Å². The molecule has 1 aliphatic rings. The summed E-state index contributed by atoms with van der Waals surface area (Å²) in [5, 5.41) is 9.59. The van der Waals surface area contributed by atoms with Crippen LogP contribution >= 0.6 is 11.8 Å². The number of nitrogens with two attached hydrogens (primary N) is 1. The molecule has 94 valence electrons. The first-order chi connectivity index (χ1) is 8.20. The van der Waals surface area contributed by atoms with E-state index in [4.69, 9.17) is 5.73 Å². The zero-order valence-electron chi connectivity index (χ0n) is 10.3. The minimum absolute atomic E-state index is 0.162. The lowest BCUT2D eigenvalue weighted by atomic mass is 10.1. The minimum Gasteiger partial charge on any atom is -0.395 e. The van der Waals surface area contributed by atoms with Crippen LogP contribution in [0.15, 0.2) is 24.3 Å². The molecule has 2 atom stereocenters. The number of rotatable bonds is 6. The van der Waals surface area contributed by atoms with Gasteiger partial charge in [-0.2, -0.15) is 0 Å². The Labute approximate surface area is 108 Å². The molecule has 2 unspecified atom stereocenters. The Balaban J connectivity index is 1.86. The monoisotopic (exact) mass is 251 g/mol. The van der Waals surface area contributed by atoms with Crippen LogP contribution in [0.25, 0.3) is 0 Å². The Morgan fingerprint density at radius 1 is 1.47 bits per heavy atom. The zero-order chi connectivity index (χ0) is 12.3. The Bertz CT molecular complexity index is 365. The topological polar surface area (TPSA) is 46.2 Å². The van der Waals surface area contributed by atoms with Crippen LogP contribution in [-0.4, -0.2) is 23.0 Å². The highest BCUT2D eigenvalue weighted by Gasteiger charge is 2.33. The SMILES string of the molecule is Cc1cccc(CSC(CO)C(N)C2CC2)c1. The van der Waals surface area contributed by atoms with Crippen LogP contribution in [0.3, 0.4) is 0 Å². The van der Waals surface area contributed by atoms with Gasteiger partial charge in [0.05, 0.1) is 6.61 Å². The Morgan fingerprint density at radius 2 is 2.24 bits per heavy atom. The number of aliphatic hydroxyl groups is 1. The smallest absolute Gasteiger partial charge is 0.0565 e. The second kappa shape index (κ2) is 5.89. The number of aryl methyl sites for hydroxylation is 1. The molecule has 1 saturated carbocycles. The van der Waals surface area contributed by atoms with Gasteiger partial charge >= 0.3 is 0 Å². The van der Waals surface area contributed by atoms with E-state index in [1.54, 1.807) is 11.8 Å². The second-order valence-corrected chi connectivity index (χ2v) is 6.16.